The van der Waals surface area contributed by atoms with Gasteiger partial charge in [-0.3, -0.25) is 14.4 Å². The van der Waals surface area contributed by atoms with E-state index in [9.17, 15) is 14.4 Å². The Morgan fingerprint density at radius 1 is 0.350 bits per heavy atom. The number of carbonyl (C=O) groups is 3. The van der Waals surface area contributed by atoms with Gasteiger partial charge in [-0.25, -0.2) is 0 Å². The molecular formula is C54H98O6. The molecule has 6 heteroatoms. The van der Waals surface area contributed by atoms with Crippen LogP contribution in [0.1, 0.15) is 271 Å². The van der Waals surface area contributed by atoms with Gasteiger partial charge in [0.15, 0.2) is 6.10 Å². The van der Waals surface area contributed by atoms with Crippen molar-refractivity contribution in [1.82, 2.24) is 0 Å². The van der Waals surface area contributed by atoms with E-state index < -0.39 is 6.10 Å². The first-order valence-electron chi connectivity index (χ1n) is 26.0. The Labute approximate surface area is 372 Å². The molecule has 0 spiro atoms. The third-order valence-electron chi connectivity index (χ3n) is 11.4. The molecule has 0 aliphatic rings. The van der Waals surface area contributed by atoms with Crippen LogP contribution in [0.25, 0.3) is 0 Å². The molecule has 350 valence electrons. The molecule has 0 aromatic rings. The van der Waals surface area contributed by atoms with Gasteiger partial charge < -0.3 is 14.2 Å². The van der Waals surface area contributed by atoms with Crippen LogP contribution < -0.4 is 0 Å². The number of rotatable bonds is 47. The second-order valence-electron chi connectivity index (χ2n) is 17.4. The van der Waals surface area contributed by atoms with E-state index >= 15 is 0 Å². The highest BCUT2D eigenvalue weighted by Gasteiger charge is 2.19. The monoisotopic (exact) mass is 843 g/mol. The van der Waals surface area contributed by atoms with Crippen LogP contribution in [0.4, 0.5) is 0 Å². The average molecular weight is 843 g/mol. The van der Waals surface area contributed by atoms with Gasteiger partial charge in [0.05, 0.1) is 0 Å². The van der Waals surface area contributed by atoms with E-state index in [0.29, 0.717) is 19.3 Å². The molecule has 0 radical (unpaired) electrons. The second-order valence-corrected chi connectivity index (χ2v) is 17.4. The van der Waals surface area contributed by atoms with Crippen molar-refractivity contribution in [1.29, 1.82) is 0 Å². The minimum atomic E-state index is -0.782. The van der Waals surface area contributed by atoms with E-state index in [-0.39, 0.29) is 31.1 Å². The van der Waals surface area contributed by atoms with E-state index in [1.807, 2.05) is 0 Å². The molecule has 1 unspecified atom stereocenters. The molecule has 0 rings (SSSR count). The summed E-state index contributed by atoms with van der Waals surface area (Å²) >= 11 is 0. The summed E-state index contributed by atoms with van der Waals surface area (Å²) in [4.78, 5) is 37.9. The van der Waals surface area contributed by atoms with Gasteiger partial charge in [-0.15, -0.1) is 0 Å². The van der Waals surface area contributed by atoms with Crippen molar-refractivity contribution in [2.24, 2.45) is 0 Å². The van der Waals surface area contributed by atoms with Crippen LogP contribution in [0.2, 0.25) is 0 Å². The number of hydrogen-bond acceptors (Lipinski definition) is 6. The zero-order valence-electron chi connectivity index (χ0n) is 40.0. The van der Waals surface area contributed by atoms with E-state index in [4.69, 9.17) is 14.2 Å². The second kappa shape index (κ2) is 49.3. The molecule has 60 heavy (non-hydrogen) atoms. The normalized spacial score (nSPS) is 12.2. The predicted octanol–water partition coefficient (Wildman–Crippen LogP) is 16.9. The van der Waals surface area contributed by atoms with Gasteiger partial charge in [-0.2, -0.15) is 0 Å². The molecule has 0 amide bonds. The molecule has 0 saturated heterocycles. The number of hydrogen-bond donors (Lipinski definition) is 0. The lowest BCUT2D eigenvalue weighted by molar-refractivity contribution is -0.167. The number of esters is 3. The van der Waals surface area contributed by atoms with Crippen molar-refractivity contribution < 1.29 is 28.6 Å². The van der Waals surface area contributed by atoms with E-state index in [2.05, 4.69) is 57.2 Å². The van der Waals surface area contributed by atoms with Gasteiger partial charge >= 0.3 is 17.9 Å². The Balaban J connectivity index is 4.28. The molecule has 0 aliphatic heterocycles. The van der Waals surface area contributed by atoms with Gasteiger partial charge in [-0.05, 0) is 70.6 Å². The fraction of sp³-hybridized carbons (Fsp3) is 0.833. The van der Waals surface area contributed by atoms with Crippen molar-refractivity contribution in [2.75, 3.05) is 13.2 Å². The predicted molar refractivity (Wildman–Crippen MR) is 256 cm³/mol. The fourth-order valence-corrected chi connectivity index (χ4v) is 7.48. The van der Waals surface area contributed by atoms with Crippen LogP contribution in [0, 0.1) is 0 Å². The van der Waals surface area contributed by atoms with E-state index in [0.717, 1.165) is 70.6 Å². The van der Waals surface area contributed by atoms with Crippen molar-refractivity contribution >= 4 is 17.9 Å². The Morgan fingerprint density at radius 3 is 1.07 bits per heavy atom. The SMILES string of the molecule is CC/C=C\C/C=C\CCCCC(=O)OCC(COC(=O)CCCCCCCCCCCCCCCCCCCC)OC(=O)CCCCCCCCC/C=C\CCCCCC. The highest BCUT2D eigenvalue weighted by molar-refractivity contribution is 5.71. The van der Waals surface area contributed by atoms with Gasteiger partial charge in [-0.1, -0.05) is 218 Å². The molecule has 0 saturated carbocycles. The summed E-state index contributed by atoms with van der Waals surface area (Å²) in [7, 11) is 0. The maximum Gasteiger partial charge on any atom is 0.306 e. The van der Waals surface area contributed by atoms with Crippen LogP contribution in [-0.4, -0.2) is 37.2 Å². The molecule has 0 aliphatic carbocycles. The largest absolute Gasteiger partial charge is 0.462 e. The number of carbonyl (C=O) groups excluding carboxylic acids is 3. The fourth-order valence-electron chi connectivity index (χ4n) is 7.48. The lowest BCUT2D eigenvalue weighted by atomic mass is 10.0. The van der Waals surface area contributed by atoms with Crippen molar-refractivity contribution in [3.63, 3.8) is 0 Å². The summed E-state index contributed by atoms with van der Waals surface area (Å²) in [6.45, 7) is 6.49. The van der Waals surface area contributed by atoms with E-state index in [1.54, 1.807) is 0 Å². The summed E-state index contributed by atoms with van der Waals surface area (Å²) in [5, 5.41) is 0. The summed E-state index contributed by atoms with van der Waals surface area (Å²) in [5.41, 5.74) is 0. The molecule has 6 nitrogen and oxygen atoms in total. The molecular weight excluding hydrogens is 745 g/mol. The van der Waals surface area contributed by atoms with Gasteiger partial charge in [0.25, 0.3) is 0 Å². The third-order valence-corrected chi connectivity index (χ3v) is 11.4. The molecule has 0 aromatic heterocycles. The first kappa shape index (κ1) is 57.6. The highest BCUT2D eigenvalue weighted by atomic mass is 16.6. The minimum absolute atomic E-state index is 0.0811. The van der Waals surface area contributed by atoms with Gasteiger partial charge in [0, 0.05) is 19.3 Å². The maximum absolute atomic E-state index is 12.8. The molecule has 0 heterocycles. The lowest BCUT2D eigenvalue weighted by Crippen LogP contribution is -2.30. The van der Waals surface area contributed by atoms with Crippen LogP contribution in [0.5, 0.6) is 0 Å². The number of allylic oxidation sites excluding steroid dienone is 6. The minimum Gasteiger partial charge on any atom is -0.462 e. The Kier molecular flexibility index (Phi) is 47.3. The summed E-state index contributed by atoms with van der Waals surface area (Å²) < 4.78 is 16.7. The van der Waals surface area contributed by atoms with Crippen molar-refractivity contribution in [3.05, 3.63) is 36.5 Å². The van der Waals surface area contributed by atoms with Crippen molar-refractivity contribution in [3.8, 4) is 0 Å². The topological polar surface area (TPSA) is 78.9 Å². The van der Waals surface area contributed by atoms with Crippen LogP contribution >= 0.6 is 0 Å². The Morgan fingerprint density at radius 2 is 0.650 bits per heavy atom. The van der Waals surface area contributed by atoms with Gasteiger partial charge in [0.2, 0.25) is 0 Å². The Hall–Kier alpha value is -2.37. The average Bonchev–Trinajstić information content (AvgIpc) is 3.24. The number of unbranched alkanes of at least 4 members (excludes halogenated alkanes) is 30. The number of ether oxygens (including phenoxy) is 3. The molecule has 0 fully saturated rings. The Bertz CT molecular complexity index is 1020. The standard InChI is InChI=1S/C54H98O6/c1-4-7-10-13-16-19-21-23-25-26-27-29-30-32-35-38-41-44-47-53(56)59-50-51(49-58-52(55)46-43-40-37-34-18-15-12-9-6-3)60-54(57)48-45-42-39-36-33-31-28-24-22-20-17-14-11-8-5-2/h9,12,18,20,22,34,51H,4-8,10-11,13-17,19,21,23-33,35-50H2,1-3H3/b12-9-,22-20-,34-18-. The lowest BCUT2D eigenvalue weighted by Gasteiger charge is -2.18. The highest BCUT2D eigenvalue weighted by Crippen LogP contribution is 2.16. The quantitative estimate of drug-likeness (QED) is 0.0263. The molecule has 0 N–H and O–H groups in total. The first-order valence-corrected chi connectivity index (χ1v) is 26.0. The van der Waals surface area contributed by atoms with Crippen LogP contribution in [0.15, 0.2) is 36.5 Å². The zero-order valence-corrected chi connectivity index (χ0v) is 40.0. The van der Waals surface area contributed by atoms with Crippen LogP contribution in [0.3, 0.4) is 0 Å². The summed E-state index contributed by atoms with van der Waals surface area (Å²) in [6, 6.07) is 0. The zero-order chi connectivity index (χ0) is 43.7. The first-order chi connectivity index (χ1) is 29.5. The molecule has 1 atom stereocenters. The van der Waals surface area contributed by atoms with E-state index in [1.165, 1.54) is 161 Å². The summed E-state index contributed by atoms with van der Waals surface area (Å²) in [6.07, 6.45) is 57.2. The van der Waals surface area contributed by atoms with Crippen LogP contribution in [-0.2, 0) is 28.6 Å². The summed E-state index contributed by atoms with van der Waals surface area (Å²) in [5.74, 6) is -0.914. The molecule has 0 aromatic carbocycles. The van der Waals surface area contributed by atoms with Crippen molar-refractivity contribution in [2.45, 2.75) is 277 Å². The van der Waals surface area contributed by atoms with Gasteiger partial charge in [0.1, 0.15) is 13.2 Å². The third kappa shape index (κ3) is 46.7. The maximum atomic E-state index is 12.8. The smallest absolute Gasteiger partial charge is 0.306 e. The molecule has 0 bridgehead atoms.